The number of H-pyrrole nitrogens is 1. The summed E-state index contributed by atoms with van der Waals surface area (Å²) < 4.78 is 5.52. The van der Waals surface area contributed by atoms with Gasteiger partial charge in [-0.1, -0.05) is 41.9 Å². The van der Waals surface area contributed by atoms with E-state index in [2.05, 4.69) is 4.98 Å². The molecule has 0 spiro atoms. The van der Waals surface area contributed by atoms with Crippen molar-refractivity contribution in [2.75, 3.05) is 0 Å². The molecule has 3 aromatic rings. The Hall–Kier alpha value is -2.26. The third-order valence-corrected chi connectivity index (χ3v) is 4.94. The lowest BCUT2D eigenvalue weighted by Crippen LogP contribution is -2.24. The average molecular weight is 340 g/mol. The van der Waals surface area contributed by atoms with Crippen LogP contribution in [0.15, 0.2) is 48.5 Å². The summed E-state index contributed by atoms with van der Waals surface area (Å²) in [5.41, 5.74) is 4.53. The number of benzene rings is 2. The maximum absolute atomic E-state index is 12.4. The summed E-state index contributed by atoms with van der Waals surface area (Å²) in [7, 11) is 0. The largest absolute Gasteiger partial charge is 0.461 e. The van der Waals surface area contributed by atoms with Crippen LogP contribution >= 0.6 is 11.6 Å². The second-order valence-electron chi connectivity index (χ2n) is 6.31. The first-order valence-corrected chi connectivity index (χ1v) is 8.58. The molecule has 4 rings (SSSR count). The van der Waals surface area contributed by atoms with Crippen molar-refractivity contribution >= 4 is 28.5 Å². The second kappa shape index (κ2) is 6.33. The number of aromatic amines is 1. The van der Waals surface area contributed by atoms with Crippen LogP contribution in [-0.4, -0.2) is 11.0 Å². The number of fused-ring (bicyclic) bond motifs is 3. The lowest BCUT2D eigenvalue weighted by molar-refractivity contribution is -0.150. The first-order valence-electron chi connectivity index (χ1n) is 8.20. The van der Waals surface area contributed by atoms with Crippen LogP contribution in [0.4, 0.5) is 0 Å². The summed E-state index contributed by atoms with van der Waals surface area (Å²) in [4.78, 5) is 15.9. The highest BCUT2D eigenvalue weighted by molar-refractivity contribution is 6.31. The van der Waals surface area contributed by atoms with Gasteiger partial charge in [0, 0.05) is 21.6 Å². The fourth-order valence-electron chi connectivity index (χ4n) is 3.44. The highest BCUT2D eigenvalue weighted by atomic mass is 35.5. The van der Waals surface area contributed by atoms with E-state index in [4.69, 9.17) is 16.3 Å². The Morgan fingerprint density at radius 1 is 1.21 bits per heavy atom. The number of hydrogen-bond donors (Lipinski definition) is 1. The molecule has 4 heteroatoms. The molecule has 1 heterocycles. The Morgan fingerprint density at radius 2 is 2.04 bits per heavy atom. The fraction of sp³-hybridized carbons (Fsp3) is 0.250. The maximum Gasteiger partial charge on any atom is 0.309 e. The highest BCUT2D eigenvalue weighted by Gasteiger charge is 2.28. The molecule has 0 amide bonds. The van der Waals surface area contributed by atoms with Crippen molar-refractivity contribution in [3.63, 3.8) is 0 Å². The molecule has 1 atom stereocenters. The van der Waals surface area contributed by atoms with Gasteiger partial charge >= 0.3 is 5.97 Å². The number of ether oxygens (including phenoxy) is 1. The Kier molecular flexibility index (Phi) is 4.03. The van der Waals surface area contributed by atoms with Gasteiger partial charge in [-0.15, -0.1) is 0 Å². The van der Waals surface area contributed by atoms with E-state index in [0.29, 0.717) is 13.0 Å². The topological polar surface area (TPSA) is 42.1 Å². The molecule has 0 aliphatic heterocycles. The summed E-state index contributed by atoms with van der Waals surface area (Å²) in [5, 5.41) is 1.84. The molecule has 3 nitrogen and oxygen atoms in total. The number of aryl methyl sites for hydroxylation is 1. The molecule has 0 saturated heterocycles. The quantitative estimate of drug-likeness (QED) is 0.704. The van der Waals surface area contributed by atoms with E-state index in [0.717, 1.165) is 34.3 Å². The maximum atomic E-state index is 12.4. The van der Waals surface area contributed by atoms with E-state index < -0.39 is 0 Å². The Morgan fingerprint density at radius 3 is 2.88 bits per heavy atom. The van der Waals surface area contributed by atoms with Gasteiger partial charge in [0.05, 0.1) is 5.92 Å². The van der Waals surface area contributed by atoms with Gasteiger partial charge in [-0.3, -0.25) is 4.79 Å². The average Bonchev–Trinajstić information content (AvgIpc) is 2.97. The molecule has 1 aromatic heterocycles. The van der Waals surface area contributed by atoms with Crippen LogP contribution in [0, 0.1) is 5.92 Å². The van der Waals surface area contributed by atoms with E-state index in [-0.39, 0.29) is 11.9 Å². The fourth-order valence-corrected chi connectivity index (χ4v) is 3.61. The molecule has 122 valence electrons. The van der Waals surface area contributed by atoms with Gasteiger partial charge in [0.25, 0.3) is 0 Å². The first-order chi connectivity index (χ1) is 11.7. The van der Waals surface area contributed by atoms with Gasteiger partial charge in [0.15, 0.2) is 0 Å². The second-order valence-corrected chi connectivity index (χ2v) is 6.74. The van der Waals surface area contributed by atoms with Crippen molar-refractivity contribution in [1.82, 2.24) is 4.98 Å². The van der Waals surface area contributed by atoms with E-state index in [1.807, 2.05) is 48.5 Å². The molecule has 1 unspecified atom stereocenters. The molecule has 0 saturated carbocycles. The molecule has 0 radical (unpaired) electrons. The summed E-state index contributed by atoms with van der Waals surface area (Å²) in [6, 6.07) is 15.6. The predicted octanol–water partition coefficient (Wildman–Crippen LogP) is 4.67. The van der Waals surface area contributed by atoms with Gasteiger partial charge in [0.2, 0.25) is 0 Å². The lowest BCUT2D eigenvalue weighted by Gasteiger charge is -2.21. The molecule has 0 bridgehead atoms. The lowest BCUT2D eigenvalue weighted by atomic mass is 9.86. The summed E-state index contributed by atoms with van der Waals surface area (Å²) in [6.07, 6.45) is 2.40. The number of aromatic nitrogens is 1. The van der Waals surface area contributed by atoms with Crippen molar-refractivity contribution in [1.29, 1.82) is 0 Å². The van der Waals surface area contributed by atoms with Crippen LogP contribution in [-0.2, 0) is 29.0 Å². The van der Waals surface area contributed by atoms with E-state index >= 15 is 0 Å². The van der Waals surface area contributed by atoms with Gasteiger partial charge in [-0.05, 0) is 48.6 Å². The predicted molar refractivity (Wildman–Crippen MR) is 95.1 cm³/mol. The zero-order chi connectivity index (χ0) is 16.5. The van der Waals surface area contributed by atoms with E-state index in [1.165, 1.54) is 11.3 Å². The van der Waals surface area contributed by atoms with Crippen molar-refractivity contribution in [2.24, 2.45) is 5.92 Å². The third-order valence-electron chi connectivity index (χ3n) is 4.71. The number of esters is 1. The summed E-state index contributed by atoms with van der Waals surface area (Å²) in [5.74, 6) is -0.194. The number of carbonyl (C=O) groups is 1. The Bertz CT molecular complexity index is 885. The third kappa shape index (κ3) is 2.92. The highest BCUT2D eigenvalue weighted by Crippen LogP contribution is 2.33. The molecule has 24 heavy (non-hydrogen) atoms. The SMILES string of the molecule is O=C(OCc1ccccc1)C1CCc2[nH]c3ccc(Cl)cc3c2C1. The molecule has 0 fully saturated rings. The summed E-state index contributed by atoms with van der Waals surface area (Å²) in [6.45, 7) is 0.336. The van der Waals surface area contributed by atoms with E-state index in [1.54, 1.807) is 0 Å². The number of hydrogen-bond acceptors (Lipinski definition) is 2. The molecular formula is C20H18ClNO2. The van der Waals surface area contributed by atoms with Gasteiger partial charge in [-0.25, -0.2) is 0 Å². The van der Waals surface area contributed by atoms with Crippen LogP contribution in [0.1, 0.15) is 23.2 Å². The van der Waals surface area contributed by atoms with Crippen LogP contribution < -0.4 is 0 Å². The molecular weight excluding hydrogens is 322 g/mol. The zero-order valence-electron chi connectivity index (χ0n) is 13.2. The molecule has 1 N–H and O–H groups in total. The number of nitrogens with one attached hydrogen (secondary N) is 1. The minimum atomic E-state index is -0.110. The van der Waals surface area contributed by atoms with Gasteiger partial charge < -0.3 is 9.72 Å². The van der Waals surface area contributed by atoms with Gasteiger partial charge in [-0.2, -0.15) is 0 Å². The Labute approximate surface area is 145 Å². The normalized spacial score (nSPS) is 16.8. The minimum absolute atomic E-state index is 0.0841. The summed E-state index contributed by atoms with van der Waals surface area (Å²) >= 11 is 6.13. The van der Waals surface area contributed by atoms with Crippen molar-refractivity contribution in [2.45, 2.75) is 25.9 Å². The Balaban J connectivity index is 1.50. The standard InChI is InChI=1S/C20H18ClNO2/c21-15-7-9-19-17(11-15)16-10-14(6-8-18(16)22-19)20(23)24-12-13-4-2-1-3-5-13/h1-5,7,9,11,14,22H,6,8,10,12H2. The van der Waals surface area contributed by atoms with Crippen LogP contribution in [0.5, 0.6) is 0 Å². The number of halogens is 1. The smallest absolute Gasteiger partial charge is 0.309 e. The van der Waals surface area contributed by atoms with Gasteiger partial charge in [0.1, 0.15) is 6.61 Å². The zero-order valence-corrected chi connectivity index (χ0v) is 14.0. The molecule has 1 aliphatic rings. The van der Waals surface area contributed by atoms with Crippen LogP contribution in [0.25, 0.3) is 10.9 Å². The molecule has 1 aliphatic carbocycles. The van der Waals surface area contributed by atoms with Crippen LogP contribution in [0.2, 0.25) is 5.02 Å². The minimum Gasteiger partial charge on any atom is -0.461 e. The van der Waals surface area contributed by atoms with Crippen molar-refractivity contribution in [3.05, 3.63) is 70.4 Å². The number of carbonyl (C=O) groups excluding carboxylic acids is 1. The number of rotatable bonds is 3. The van der Waals surface area contributed by atoms with Crippen molar-refractivity contribution < 1.29 is 9.53 Å². The van der Waals surface area contributed by atoms with Crippen LogP contribution in [0.3, 0.4) is 0 Å². The molecule has 2 aromatic carbocycles. The van der Waals surface area contributed by atoms with E-state index in [9.17, 15) is 4.79 Å². The first kappa shape index (κ1) is 15.3. The monoisotopic (exact) mass is 339 g/mol. The van der Waals surface area contributed by atoms with Crippen molar-refractivity contribution in [3.8, 4) is 0 Å².